The van der Waals surface area contributed by atoms with E-state index in [4.69, 9.17) is 9.47 Å². The zero-order valence-corrected chi connectivity index (χ0v) is 23.4. The minimum Gasteiger partial charge on any atom is -0.497 e. The first-order valence-electron chi connectivity index (χ1n) is 12.7. The maximum atomic E-state index is 14.0. The summed E-state index contributed by atoms with van der Waals surface area (Å²) in [6.07, 6.45) is 0. The van der Waals surface area contributed by atoms with Gasteiger partial charge in [-0.15, -0.1) is 0 Å². The molecule has 0 aromatic heterocycles. The predicted octanol–water partition coefficient (Wildman–Crippen LogP) is 5.64. The van der Waals surface area contributed by atoms with E-state index in [-0.39, 0.29) is 22.7 Å². The van der Waals surface area contributed by atoms with Gasteiger partial charge in [-0.2, -0.15) is 5.10 Å². The molecule has 0 unspecified atom stereocenters. The number of para-hydroxylation sites is 1. The van der Waals surface area contributed by atoms with Gasteiger partial charge in [0.25, 0.3) is 15.9 Å². The van der Waals surface area contributed by atoms with Crippen molar-refractivity contribution in [3.05, 3.63) is 120 Å². The first-order valence-corrected chi connectivity index (χ1v) is 14.1. The Morgan fingerprint density at radius 3 is 2.12 bits per heavy atom. The molecule has 40 heavy (non-hydrogen) atoms. The van der Waals surface area contributed by atoms with Gasteiger partial charge in [0.15, 0.2) is 0 Å². The Hall–Kier alpha value is -4.63. The molecule has 4 aromatic carbocycles. The molecule has 9 heteroatoms. The summed E-state index contributed by atoms with van der Waals surface area (Å²) in [6.45, 7) is 4.28. The van der Waals surface area contributed by atoms with Gasteiger partial charge in [-0.1, -0.05) is 42.5 Å². The number of methoxy groups -OCH3 is 1. The standard InChI is InChI=1S/C31H31N3O5S/c1-4-39-27-16-14-25(15-17-27)23(2)32-33-31(35)29-12-8-9-13-30(29)34(22-24-10-6-5-7-11-24)40(36,37)28-20-18-26(38-3)19-21-28/h5-21H,4,22H2,1-3H3,(H,33,35)/b32-23-. The Labute approximate surface area is 234 Å². The summed E-state index contributed by atoms with van der Waals surface area (Å²) in [6, 6.07) is 29.3. The van der Waals surface area contributed by atoms with Crippen LogP contribution < -0.4 is 19.2 Å². The van der Waals surface area contributed by atoms with Crippen LogP contribution in [0.3, 0.4) is 0 Å². The molecule has 0 radical (unpaired) electrons. The van der Waals surface area contributed by atoms with E-state index in [1.165, 1.54) is 23.5 Å². The number of carbonyl (C=O) groups excluding carboxylic acids is 1. The van der Waals surface area contributed by atoms with Gasteiger partial charge < -0.3 is 9.47 Å². The van der Waals surface area contributed by atoms with E-state index >= 15 is 0 Å². The van der Waals surface area contributed by atoms with Crippen LogP contribution in [0.15, 0.2) is 113 Å². The number of ether oxygens (including phenoxy) is 2. The summed E-state index contributed by atoms with van der Waals surface area (Å²) < 4.78 is 39.8. The van der Waals surface area contributed by atoms with Gasteiger partial charge >= 0.3 is 0 Å². The van der Waals surface area contributed by atoms with Gasteiger partial charge in [-0.25, -0.2) is 13.8 Å². The molecule has 0 saturated carbocycles. The van der Waals surface area contributed by atoms with Gasteiger partial charge in [0.2, 0.25) is 0 Å². The summed E-state index contributed by atoms with van der Waals surface area (Å²) in [5.74, 6) is 0.742. The molecule has 0 atom stereocenters. The van der Waals surface area contributed by atoms with Crippen LogP contribution in [0.5, 0.6) is 11.5 Å². The minimum atomic E-state index is -4.07. The molecule has 0 spiro atoms. The highest BCUT2D eigenvalue weighted by molar-refractivity contribution is 7.92. The van der Waals surface area contributed by atoms with E-state index in [2.05, 4.69) is 10.5 Å². The van der Waals surface area contributed by atoms with E-state index in [1.807, 2.05) is 61.5 Å². The van der Waals surface area contributed by atoms with Gasteiger partial charge in [0.1, 0.15) is 11.5 Å². The highest BCUT2D eigenvalue weighted by Gasteiger charge is 2.28. The Kier molecular flexibility index (Phi) is 9.19. The topological polar surface area (TPSA) is 97.3 Å². The average Bonchev–Trinajstić information content (AvgIpc) is 2.99. The van der Waals surface area contributed by atoms with Crippen molar-refractivity contribution in [3.8, 4) is 11.5 Å². The lowest BCUT2D eigenvalue weighted by molar-refractivity contribution is 0.0955. The molecule has 0 fully saturated rings. The second-order valence-electron chi connectivity index (χ2n) is 8.79. The number of rotatable bonds is 11. The van der Waals surface area contributed by atoms with Crippen LogP contribution in [0.4, 0.5) is 5.69 Å². The van der Waals surface area contributed by atoms with Crippen LogP contribution in [-0.2, 0) is 16.6 Å². The molecule has 1 N–H and O–H groups in total. The van der Waals surface area contributed by atoms with Crippen LogP contribution in [0.25, 0.3) is 0 Å². The van der Waals surface area contributed by atoms with E-state index in [0.717, 1.165) is 16.9 Å². The van der Waals surface area contributed by atoms with Crippen LogP contribution in [0.1, 0.15) is 35.3 Å². The first-order chi connectivity index (χ1) is 19.3. The van der Waals surface area contributed by atoms with Gasteiger partial charge in [0.05, 0.1) is 42.1 Å². The lowest BCUT2D eigenvalue weighted by atomic mass is 10.1. The maximum absolute atomic E-state index is 14.0. The zero-order valence-electron chi connectivity index (χ0n) is 22.6. The number of anilines is 1. The second-order valence-corrected chi connectivity index (χ2v) is 10.6. The van der Waals surface area contributed by atoms with Crippen molar-refractivity contribution < 1.29 is 22.7 Å². The first kappa shape index (κ1) is 28.4. The van der Waals surface area contributed by atoms with Crippen molar-refractivity contribution >= 4 is 27.3 Å². The van der Waals surface area contributed by atoms with E-state index in [1.54, 1.807) is 43.3 Å². The van der Waals surface area contributed by atoms with Gasteiger partial charge in [-0.3, -0.25) is 9.10 Å². The van der Waals surface area contributed by atoms with Crippen molar-refractivity contribution in [2.45, 2.75) is 25.3 Å². The largest absolute Gasteiger partial charge is 0.497 e. The highest BCUT2D eigenvalue weighted by Crippen LogP contribution is 2.30. The number of hydrogen-bond acceptors (Lipinski definition) is 6. The number of hydrogen-bond donors (Lipinski definition) is 1. The molecular weight excluding hydrogens is 526 g/mol. The van der Waals surface area contributed by atoms with Crippen LogP contribution in [0.2, 0.25) is 0 Å². The summed E-state index contributed by atoms with van der Waals surface area (Å²) in [5.41, 5.74) is 5.14. The number of hydrazone groups is 1. The number of benzene rings is 4. The number of nitrogens with one attached hydrogen (secondary N) is 1. The lowest BCUT2D eigenvalue weighted by Crippen LogP contribution is -2.33. The second kappa shape index (κ2) is 12.9. The number of sulfonamides is 1. The van der Waals surface area contributed by atoms with Crippen molar-refractivity contribution in [1.82, 2.24) is 5.43 Å². The molecule has 4 aromatic rings. The van der Waals surface area contributed by atoms with Crippen molar-refractivity contribution in [3.63, 3.8) is 0 Å². The van der Waals surface area contributed by atoms with Crippen molar-refractivity contribution in [2.75, 3.05) is 18.0 Å². The Bertz CT molecular complexity index is 1570. The van der Waals surface area contributed by atoms with E-state index in [9.17, 15) is 13.2 Å². The summed E-state index contributed by atoms with van der Waals surface area (Å²) in [7, 11) is -2.55. The van der Waals surface area contributed by atoms with E-state index in [0.29, 0.717) is 18.1 Å². The monoisotopic (exact) mass is 557 g/mol. The molecule has 0 aliphatic heterocycles. The fraction of sp³-hybridized carbons (Fsp3) is 0.161. The quantitative estimate of drug-likeness (QED) is 0.190. The average molecular weight is 558 g/mol. The van der Waals surface area contributed by atoms with Gasteiger partial charge in [-0.05, 0) is 85.6 Å². The Morgan fingerprint density at radius 1 is 0.850 bits per heavy atom. The van der Waals surface area contributed by atoms with E-state index < -0.39 is 15.9 Å². The molecule has 8 nitrogen and oxygen atoms in total. The number of carbonyl (C=O) groups is 1. The molecular formula is C31H31N3O5S. The molecule has 206 valence electrons. The van der Waals surface area contributed by atoms with Gasteiger partial charge in [0, 0.05) is 0 Å². The summed E-state index contributed by atoms with van der Waals surface area (Å²) >= 11 is 0. The Morgan fingerprint density at radius 2 is 1.48 bits per heavy atom. The fourth-order valence-corrected chi connectivity index (χ4v) is 5.50. The molecule has 0 aliphatic rings. The highest BCUT2D eigenvalue weighted by atomic mass is 32.2. The van der Waals surface area contributed by atoms with Crippen LogP contribution in [-0.4, -0.2) is 33.8 Å². The summed E-state index contributed by atoms with van der Waals surface area (Å²) in [5, 5.41) is 4.26. The third-order valence-corrected chi connectivity index (χ3v) is 7.92. The zero-order chi connectivity index (χ0) is 28.5. The maximum Gasteiger partial charge on any atom is 0.273 e. The lowest BCUT2D eigenvalue weighted by Gasteiger charge is -2.26. The number of nitrogens with zero attached hydrogens (tertiary/aromatic N) is 2. The molecule has 0 bridgehead atoms. The Balaban J connectivity index is 1.68. The normalized spacial score (nSPS) is 11.5. The number of amides is 1. The van der Waals surface area contributed by atoms with Crippen molar-refractivity contribution in [2.24, 2.45) is 5.10 Å². The third-order valence-electron chi connectivity index (χ3n) is 6.14. The van der Waals surface area contributed by atoms with Crippen LogP contribution in [0, 0.1) is 0 Å². The minimum absolute atomic E-state index is 0.0218. The molecule has 1 amide bonds. The summed E-state index contributed by atoms with van der Waals surface area (Å²) in [4.78, 5) is 13.4. The molecule has 0 saturated heterocycles. The molecule has 4 rings (SSSR count). The SMILES string of the molecule is CCOc1ccc(/C(C)=N\NC(=O)c2ccccc2N(Cc2ccccc2)S(=O)(=O)c2ccc(OC)cc2)cc1. The van der Waals surface area contributed by atoms with Crippen LogP contribution >= 0.6 is 0 Å². The third kappa shape index (κ3) is 6.68. The predicted molar refractivity (Wildman–Crippen MR) is 157 cm³/mol. The smallest absolute Gasteiger partial charge is 0.273 e. The fourth-order valence-electron chi connectivity index (χ4n) is 4.03. The molecule has 0 aliphatic carbocycles. The molecule has 0 heterocycles. The van der Waals surface area contributed by atoms with Crippen molar-refractivity contribution in [1.29, 1.82) is 0 Å².